The zero-order valence-electron chi connectivity index (χ0n) is 17.0. The van der Waals surface area contributed by atoms with E-state index in [0.717, 1.165) is 0 Å². The van der Waals surface area contributed by atoms with Gasteiger partial charge >= 0.3 is 5.97 Å². The van der Waals surface area contributed by atoms with E-state index >= 15 is 0 Å². The Bertz CT molecular complexity index is 1240. The van der Waals surface area contributed by atoms with Crippen molar-refractivity contribution in [3.05, 3.63) is 87.1 Å². The van der Waals surface area contributed by atoms with Crippen molar-refractivity contribution >= 4 is 41.0 Å². The van der Waals surface area contributed by atoms with Gasteiger partial charge in [-0.2, -0.15) is 0 Å². The van der Waals surface area contributed by atoms with Crippen LogP contribution in [0.4, 0.5) is 0 Å². The largest absolute Gasteiger partial charge is 0.497 e. The maximum absolute atomic E-state index is 12.7. The van der Waals surface area contributed by atoms with Gasteiger partial charge in [-0.1, -0.05) is 29.3 Å². The fraction of sp³-hybridized carbons (Fsp3) is 0.0833. The van der Waals surface area contributed by atoms with E-state index in [4.69, 9.17) is 42.1 Å². The fourth-order valence-electron chi connectivity index (χ4n) is 3.08. The van der Waals surface area contributed by atoms with Crippen LogP contribution >= 0.6 is 23.2 Å². The highest BCUT2D eigenvalue weighted by atomic mass is 35.5. The zero-order valence-corrected chi connectivity index (χ0v) is 18.5. The number of Topliss-reactive ketones (excluding diaryl/α,β-unsaturated/α-hetero) is 1. The van der Waals surface area contributed by atoms with Gasteiger partial charge in [0.2, 0.25) is 5.78 Å². The summed E-state index contributed by atoms with van der Waals surface area (Å²) in [4.78, 5) is 25.3. The molecule has 0 spiro atoms. The molecule has 3 aromatic carbocycles. The van der Waals surface area contributed by atoms with Crippen LogP contribution in [0.15, 0.2) is 60.4 Å². The summed E-state index contributed by atoms with van der Waals surface area (Å²) in [6.45, 7) is 0. The topological polar surface area (TPSA) is 71.1 Å². The maximum atomic E-state index is 12.7. The van der Waals surface area contributed by atoms with Gasteiger partial charge in [0.1, 0.15) is 23.0 Å². The highest BCUT2D eigenvalue weighted by Crippen LogP contribution is 2.36. The van der Waals surface area contributed by atoms with Gasteiger partial charge in [-0.25, -0.2) is 4.79 Å². The van der Waals surface area contributed by atoms with E-state index in [-0.39, 0.29) is 28.6 Å². The second-order valence-corrected chi connectivity index (χ2v) is 7.58. The minimum atomic E-state index is -0.613. The van der Waals surface area contributed by atoms with Gasteiger partial charge in [0.05, 0.1) is 35.4 Å². The van der Waals surface area contributed by atoms with Gasteiger partial charge in [0, 0.05) is 12.1 Å². The molecule has 1 aliphatic heterocycles. The summed E-state index contributed by atoms with van der Waals surface area (Å²) < 4.78 is 21.5. The molecule has 8 heteroatoms. The monoisotopic (exact) mass is 470 g/mol. The molecule has 1 heterocycles. The van der Waals surface area contributed by atoms with Gasteiger partial charge in [-0.05, 0) is 48.0 Å². The number of methoxy groups -OCH3 is 2. The van der Waals surface area contributed by atoms with E-state index in [1.165, 1.54) is 38.5 Å². The molecule has 162 valence electrons. The standard InChI is InChI=1S/C24H16Cl2O6/c1-29-16-9-14(10-17(11-16)30-2)24(28)31-15-4-5-18-21(12-15)32-22(23(18)27)8-13-3-6-19(25)20(26)7-13/h3-12H,1-2H3/b22-8-. The van der Waals surface area contributed by atoms with E-state index in [1.807, 2.05) is 0 Å². The van der Waals surface area contributed by atoms with Crippen molar-refractivity contribution in [3.8, 4) is 23.0 Å². The van der Waals surface area contributed by atoms with Gasteiger partial charge in [-0.15, -0.1) is 0 Å². The van der Waals surface area contributed by atoms with Crippen molar-refractivity contribution in [1.82, 2.24) is 0 Å². The van der Waals surface area contributed by atoms with Crippen LogP contribution in [-0.2, 0) is 0 Å². The van der Waals surface area contributed by atoms with E-state index in [0.29, 0.717) is 32.7 Å². The third-order valence-electron chi connectivity index (χ3n) is 4.68. The van der Waals surface area contributed by atoms with Crippen LogP contribution in [0.3, 0.4) is 0 Å². The average molecular weight is 471 g/mol. The fourth-order valence-corrected chi connectivity index (χ4v) is 3.38. The van der Waals surface area contributed by atoms with Crippen molar-refractivity contribution in [2.75, 3.05) is 14.2 Å². The lowest BCUT2D eigenvalue weighted by molar-refractivity contribution is 0.0733. The van der Waals surface area contributed by atoms with E-state index in [9.17, 15) is 9.59 Å². The lowest BCUT2D eigenvalue weighted by Gasteiger charge is -2.09. The minimum Gasteiger partial charge on any atom is -0.497 e. The molecule has 0 aliphatic carbocycles. The van der Waals surface area contributed by atoms with Gasteiger partial charge in [0.15, 0.2) is 5.76 Å². The summed E-state index contributed by atoms with van der Waals surface area (Å²) in [6.07, 6.45) is 1.57. The number of benzene rings is 3. The van der Waals surface area contributed by atoms with Crippen molar-refractivity contribution in [2.24, 2.45) is 0 Å². The molecule has 0 radical (unpaired) electrons. The Morgan fingerprint density at radius 2 is 1.59 bits per heavy atom. The number of halogens is 2. The lowest BCUT2D eigenvalue weighted by Crippen LogP contribution is -2.09. The van der Waals surface area contributed by atoms with Crippen LogP contribution in [0.5, 0.6) is 23.0 Å². The molecule has 0 saturated carbocycles. The molecule has 0 amide bonds. The summed E-state index contributed by atoms with van der Waals surface area (Å²) in [5.74, 6) is 0.639. The smallest absolute Gasteiger partial charge is 0.343 e. The normalized spacial score (nSPS) is 13.5. The number of rotatable bonds is 5. The van der Waals surface area contributed by atoms with Gasteiger partial charge in [-0.3, -0.25) is 4.79 Å². The molecule has 0 atom stereocenters. The summed E-state index contributed by atoms with van der Waals surface area (Å²) >= 11 is 12.0. The molecule has 6 nitrogen and oxygen atoms in total. The molecule has 4 rings (SSSR count). The summed E-state index contributed by atoms with van der Waals surface area (Å²) in [5.41, 5.74) is 1.27. The molecular weight excluding hydrogens is 455 g/mol. The number of esters is 1. The van der Waals surface area contributed by atoms with E-state index in [2.05, 4.69) is 0 Å². The third kappa shape index (κ3) is 4.42. The predicted octanol–water partition coefficient (Wildman–Crippen LogP) is 5.85. The summed E-state index contributed by atoms with van der Waals surface area (Å²) in [5, 5.41) is 0.781. The number of hydrogen-bond donors (Lipinski definition) is 0. The molecule has 3 aromatic rings. The Kier molecular flexibility index (Phi) is 6.08. The summed E-state index contributed by atoms with van der Waals surface area (Å²) in [6, 6.07) is 14.3. The zero-order chi connectivity index (χ0) is 22.8. The molecule has 0 N–H and O–H groups in total. The maximum Gasteiger partial charge on any atom is 0.343 e. The van der Waals surface area contributed by atoms with Crippen molar-refractivity contribution < 1.29 is 28.5 Å². The SMILES string of the molecule is COc1cc(OC)cc(C(=O)Oc2ccc3c(c2)O/C(=C\c2ccc(Cl)c(Cl)c2)C3=O)c1. The number of fused-ring (bicyclic) bond motifs is 1. The van der Waals surface area contributed by atoms with E-state index < -0.39 is 5.97 Å². The second kappa shape index (κ2) is 8.94. The number of ether oxygens (including phenoxy) is 4. The van der Waals surface area contributed by atoms with Crippen molar-refractivity contribution in [1.29, 1.82) is 0 Å². The molecule has 0 aromatic heterocycles. The Balaban J connectivity index is 1.55. The predicted molar refractivity (Wildman–Crippen MR) is 120 cm³/mol. The van der Waals surface area contributed by atoms with Crippen molar-refractivity contribution in [2.45, 2.75) is 0 Å². The number of carbonyl (C=O) groups excluding carboxylic acids is 2. The Morgan fingerprint density at radius 1 is 0.875 bits per heavy atom. The second-order valence-electron chi connectivity index (χ2n) is 6.76. The molecule has 0 bridgehead atoms. The minimum absolute atomic E-state index is 0.124. The first-order chi connectivity index (χ1) is 15.4. The summed E-state index contributed by atoms with van der Waals surface area (Å²) in [7, 11) is 2.98. The quantitative estimate of drug-likeness (QED) is 0.264. The van der Waals surface area contributed by atoms with Crippen LogP contribution in [0.2, 0.25) is 10.0 Å². The van der Waals surface area contributed by atoms with Crippen molar-refractivity contribution in [3.63, 3.8) is 0 Å². The van der Waals surface area contributed by atoms with Gasteiger partial charge < -0.3 is 18.9 Å². The lowest BCUT2D eigenvalue weighted by atomic mass is 10.1. The van der Waals surface area contributed by atoms with Crippen LogP contribution in [0, 0.1) is 0 Å². The Morgan fingerprint density at radius 3 is 2.25 bits per heavy atom. The van der Waals surface area contributed by atoms with E-state index in [1.54, 1.807) is 36.4 Å². The number of carbonyl (C=O) groups is 2. The van der Waals surface area contributed by atoms with Gasteiger partial charge in [0.25, 0.3) is 0 Å². The Hall–Kier alpha value is -3.48. The molecule has 0 fully saturated rings. The first kappa shape index (κ1) is 21.7. The first-order valence-corrected chi connectivity index (χ1v) is 10.1. The number of hydrogen-bond acceptors (Lipinski definition) is 6. The average Bonchev–Trinajstić information content (AvgIpc) is 3.10. The highest BCUT2D eigenvalue weighted by Gasteiger charge is 2.28. The first-order valence-electron chi connectivity index (χ1n) is 9.36. The number of allylic oxidation sites excluding steroid dienone is 1. The third-order valence-corrected chi connectivity index (χ3v) is 5.42. The molecule has 1 aliphatic rings. The molecular formula is C24H16Cl2O6. The Labute approximate surface area is 193 Å². The molecule has 0 saturated heterocycles. The number of ketones is 1. The van der Waals surface area contributed by atoms with Crippen LogP contribution in [-0.4, -0.2) is 26.0 Å². The van der Waals surface area contributed by atoms with Crippen LogP contribution < -0.4 is 18.9 Å². The highest BCUT2D eigenvalue weighted by molar-refractivity contribution is 6.42. The molecule has 0 unspecified atom stereocenters. The van der Waals surface area contributed by atoms with Crippen LogP contribution in [0.1, 0.15) is 26.3 Å². The molecule has 32 heavy (non-hydrogen) atoms. The van der Waals surface area contributed by atoms with Crippen LogP contribution in [0.25, 0.3) is 6.08 Å².